The highest BCUT2D eigenvalue weighted by atomic mass is 16.2. The second-order valence-corrected chi connectivity index (χ2v) is 7.33. The summed E-state index contributed by atoms with van der Waals surface area (Å²) >= 11 is 0. The lowest BCUT2D eigenvalue weighted by Crippen LogP contribution is -2.43. The van der Waals surface area contributed by atoms with E-state index in [0.29, 0.717) is 42.5 Å². The number of nitrogens with zero attached hydrogens (tertiary/aromatic N) is 1. The molecule has 0 saturated heterocycles. The molecule has 1 heterocycles. The van der Waals surface area contributed by atoms with Crippen molar-refractivity contribution in [3.05, 3.63) is 72.4 Å². The molecule has 31 heavy (non-hydrogen) atoms. The standard InChI is InChI=1S/C24H26N4O3/c25-21(29)15-6-2-5-13-20(28-23(30)18-9-3-1-4-10-18)24(31)27-19-14-7-11-17-12-8-16-26-22(17)19/h1,3-4,7-12,14,16,20H,2,5-6,13,15H2,(H2,25,29)(H,27,31)(H,28,30)/t20-/m0/s1. The van der Waals surface area contributed by atoms with Gasteiger partial charge in [-0.2, -0.15) is 0 Å². The number of nitrogens with two attached hydrogens (primary N) is 1. The minimum Gasteiger partial charge on any atom is -0.370 e. The number of unbranched alkanes of at least 4 members (excludes halogenated alkanes) is 2. The average molecular weight is 418 g/mol. The van der Waals surface area contributed by atoms with Gasteiger partial charge in [0.25, 0.3) is 5.91 Å². The number of benzene rings is 2. The van der Waals surface area contributed by atoms with Gasteiger partial charge in [-0.3, -0.25) is 19.4 Å². The summed E-state index contributed by atoms with van der Waals surface area (Å²) in [6, 6.07) is 17.4. The molecule has 0 saturated carbocycles. The predicted octanol–water partition coefficient (Wildman–Crippen LogP) is 3.41. The van der Waals surface area contributed by atoms with Crippen molar-refractivity contribution in [2.45, 2.75) is 38.1 Å². The molecule has 3 aromatic rings. The molecule has 0 aliphatic heterocycles. The molecule has 0 bridgehead atoms. The van der Waals surface area contributed by atoms with Crippen LogP contribution in [0.1, 0.15) is 42.5 Å². The van der Waals surface area contributed by atoms with Gasteiger partial charge in [0.05, 0.1) is 11.2 Å². The first-order chi connectivity index (χ1) is 15.0. The number of pyridine rings is 1. The summed E-state index contributed by atoms with van der Waals surface area (Å²) in [7, 11) is 0. The summed E-state index contributed by atoms with van der Waals surface area (Å²) in [5, 5.41) is 6.66. The predicted molar refractivity (Wildman–Crippen MR) is 120 cm³/mol. The quantitative estimate of drug-likeness (QED) is 0.438. The van der Waals surface area contributed by atoms with E-state index in [2.05, 4.69) is 15.6 Å². The van der Waals surface area contributed by atoms with E-state index in [1.54, 1.807) is 36.5 Å². The summed E-state index contributed by atoms with van der Waals surface area (Å²) in [4.78, 5) is 41.0. The minimum absolute atomic E-state index is 0.308. The number of nitrogens with one attached hydrogen (secondary N) is 2. The zero-order valence-corrected chi connectivity index (χ0v) is 17.2. The number of hydrogen-bond donors (Lipinski definition) is 3. The molecule has 0 fully saturated rings. The molecule has 7 nitrogen and oxygen atoms in total. The average Bonchev–Trinajstić information content (AvgIpc) is 2.78. The molecule has 0 aliphatic carbocycles. The molecule has 0 aliphatic rings. The Balaban J connectivity index is 1.71. The van der Waals surface area contributed by atoms with Crippen LogP contribution in [0.15, 0.2) is 66.9 Å². The molecule has 160 valence electrons. The Morgan fingerprint density at radius 3 is 2.45 bits per heavy atom. The van der Waals surface area contributed by atoms with Crippen LogP contribution in [0.4, 0.5) is 5.69 Å². The topological polar surface area (TPSA) is 114 Å². The smallest absolute Gasteiger partial charge is 0.251 e. The fourth-order valence-electron chi connectivity index (χ4n) is 3.35. The molecule has 2 aromatic carbocycles. The fraction of sp³-hybridized carbons (Fsp3) is 0.250. The Bertz CT molecular complexity index is 1050. The third-order valence-corrected chi connectivity index (χ3v) is 4.96. The number of hydrogen-bond acceptors (Lipinski definition) is 4. The second-order valence-electron chi connectivity index (χ2n) is 7.33. The summed E-state index contributed by atoms with van der Waals surface area (Å²) in [5.41, 5.74) is 6.95. The number of carbonyl (C=O) groups excluding carboxylic acids is 3. The highest BCUT2D eigenvalue weighted by Gasteiger charge is 2.22. The third-order valence-electron chi connectivity index (χ3n) is 4.96. The molecular weight excluding hydrogens is 392 g/mol. The minimum atomic E-state index is -0.722. The highest BCUT2D eigenvalue weighted by molar-refractivity contribution is 6.04. The largest absolute Gasteiger partial charge is 0.370 e. The third kappa shape index (κ3) is 6.37. The number of anilines is 1. The Hall–Kier alpha value is -3.74. The Morgan fingerprint density at radius 1 is 0.903 bits per heavy atom. The van der Waals surface area contributed by atoms with Crippen LogP contribution < -0.4 is 16.4 Å². The lowest BCUT2D eigenvalue weighted by Gasteiger charge is -2.19. The van der Waals surface area contributed by atoms with Crippen molar-refractivity contribution >= 4 is 34.3 Å². The van der Waals surface area contributed by atoms with Crippen LogP contribution in [0.5, 0.6) is 0 Å². The molecule has 0 spiro atoms. The molecule has 0 radical (unpaired) electrons. The summed E-state index contributed by atoms with van der Waals surface area (Å²) < 4.78 is 0. The van der Waals surface area contributed by atoms with E-state index in [9.17, 15) is 14.4 Å². The van der Waals surface area contributed by atoms with Crippen molar-refractivity contribution in [3.63, 3.8) is 0 Å². The van der Waals surface area contributed by atoms with E-state index in [1.807, 2.05) is 30.3 Å². The van der Waals surface area contributed by atoms with Crippen molar-refractivity contribution in [2.24, 2.45) is 5.73 Å². The van der Waals surface area contributed by atoms with Crippen molar-refractivity contribution in [1.82, 2.24) is 10.3 Å². The highest BCUT2D eigenvalue weighted by Crippen LogP contribution is 2.21. The van der Waals surface area contributed by atoms with E-state index in [1.165, 1.54) is 0 Å². The van der Waals surface area contributed by atoms with Gasteiger partial charge in [-0.25, -0.2) is 0 Å². The lowest BCUT2D eigenvalue weighted by molar-refractivity contribution is -0.119. The van der Waals surface area contributed by atoms with Crippen molar-refractivity contribution in [3.8, 4) is 0 Å². The number of primary amides is 1. The number of carbonyl (C=O) groups is 3. The van der Waals surface area contributed by atoms with E-state index in [4.69, 9.17) is 5.73 Å². The molecule has 3 amide bonds. The van der Waals surface area contributed by atoms with Crippen LogP contribution in [0, 0.1) is 0 Å². The zero-order valence-electron chi connectivity index (χ0n) is 17.2. The Morgan fingerprint density at radius 2 is 1.68 bits per heavy atom. The van der Waals surface area contributed by atoms with Crippen LogP contribution in [0.2, 0.25) is 0 Å². The van der Waals surface area contributed by atoms with Crippen LogP contribution in [0.25, 0.3) is 10.9 Å². The molecule has 1 atom stereocenters. The SMILES string of the molecule is NC(=O)CCCCC[C@H](NC(=O)c1ccccc1)C(=O)Nc1cccc2cccnc12. The van der Waals surface area contributed by atoms with Gasteiger partial charge in [0.2, 0.25) is 11.8 Å². The molecular formula is C24H26N4O3. The second kappa shape index (κ2) is 10.9. The van der Waals surface area contributed by atoms with Gasteiger partial charge in [-0.05, 0) is 37.1 Å². The molecule has 4 N–H and O–H groups in total. The maximum atomic E-state index is 13.1. The zero-order chi connectivity index (χ0) is 22.1. The van der Waals surface area contributed by atoms with E-state index in [0.717, 1.165) is 11.8 Å². The van der Waals surface area contributed by atoms with Crippen LogP contribution in [0.3, 0.4) is 0 Å². The normalized spacial score (nSPS) is 11.6. The summed E-state index contributed by atoms with van der Waals surface area (Å²) in [6.45, 7) is 0. The van der Waals surface area contributed by atoms with E-state index < -0.39 is 6.04 Å². The van der Waals surface area contributed by atoms with Crippen molar-refractivity contribution in [2.75, 3.05) is 5.32 Å². The van der Waals surface area contributed by atoms with Gasteiger partial charge < -0.3 is 16.4 Å². The van der Waals surface area contributed by atoms with E-state index in [-0.39, 0.29) is 17.7 Å². The first-order valence-electron chi connectivity index (χ1n) is 10.3. The van der Waals surface area contributed by atoms with Crippen LogP contribution >= 0.6 is 0 Å². The Labute approximate surface area is 181 Å². The molecule has 3 rings (SSSR count). The maximum Gasteiger partial charge on any atom is 0.251 e. The number of rotatable bonds is 10. The van der Waals surface area contributed by atoms with Gasteiger partial charge in [0, 0.05) is 23.6 Å². The monoisotopic (exact) mass is 418 g/mol. The number of amides is 3. The van der Waals surface area contributed by atoms with Crippen molar-refractivity contribution in [1.29, 1.82) is 0 Å². The fourth-order valence-corrected chi connectivity index (χ4v) is 3.35. The Kier molecular flexibility index (Phi) is 7.70. The summed E-state index contributed by atoms with van der Waals surface area (Å²) in [5.74, 6) is -0.957. The van der Waals surface area contributed by atoms with Gasteiger partial charge in [-0.15, -0.1) is 0 Å². The van der Waals surface area contributed by atoms with Gasteiger partial charge in [0.1, 0.15) is 6.04 Å². The number of aromatic nitrogens is 1. The number of fused-ring (bicyclic) bond motifs is 1. The first-order valence-corrected chi connectivity index (χ1v) is 10.3. The number of para-hydroxylation sites is 1. The summed E-state index contributed by atoms with van der Waals surface area (Å²) in [6.07, 6.45) is 4.50. The first kappa shape index (κ1) is 22.0. The molecule has 1 aromatic heterocycles. The van der Waals surface area contributed by atoms with Crippen LogP contribution in [-0.4, -0.2) is 28.7 Å². The van der Waals surface area contributed by atoms with Gasteiger partial charge >= 0.3 is 0 Å². The van der Waals surface area contributed by atoms with Crippen molar-refractivity contribution < 1.29 is 14.4 Å². The lowest BCUT2D eigenvalue weighted by atomic mass is 10.0. The maximum absolute atomic E-state index is 13.1. The van der Waals surface area contributed by atoms with Gasteiger partial charge in [0.15, 0.2) is 0 Å². The van der Waals surface area contributed by atoms with Gasteiger partial charge in [-0.1, -0.05) is 49.2 Å². The van der Waals surface area contributed by atoms with Crippen LogP contribution in [-0.2, 0) is 9.59 Å². The molecule has 0 unspecified atom stereocenters. The van der Waals surface area contributed by atoms with E-state index >= 15 is 0 Å². The molecule has 7 heteroatoms.